The van der Waals surface area contributed by atoms with E-state index >= 15 is 0 Å². The first-order valence-corrected chi connectivity index (χ1v) is 54.7. The third-order valence-electron chi connectivity index (χ3n) is 26.1. The minimum Gasteiger partial charge on any atom is -0.493 e. The number of nitrogens with one attached hydrogen (secondary N) is 6. The van der Waals surface area contributed by atoms with Crippen LogP contribution in [-0.2, 0) is 53.1 Å². The van der Waals surface area contributed by atoms with Gasteiger partial charge in [-0.05, 0) is 282 Å². The Hall–Kier alpha value is -13.9. The molecule has 776 valence electrons. The number of likely N-dealkylation sites (tertiary alicyclic amines) is 1. The summed E-state index contributed by atoms with van der Waals surface area (Å²) >= 11 is 6.04. The first-order valence-electron chi connectivity index (χ1n) is 48.4. The molecule has 14 heterocycles. The molecule has 4 atom stereocenters. The van der Waals surface area contributed by atoms with Crippen LogP contribution in [0.15, 0.2) is 245 Å². The fourth-order valence-electron chi connectivity index (χ4n) is 19.6. The molecule has 12 aromatic rings. The van der Waals surface area contributed by atoms with Gasteiger partial charge in [0.25, 0.3) is 63.7 Å². The van der Waals surface area contributed by atoms with E-state index in [1.54, 1.807) is 104 Å². The molecule has 5 aliphatic rings. The van der Waals surface area contributed by atoms with E-state index < -0.39 is 63.7 Å². The summed E-state index contributed by atoms with van der Waals surface area (Å²) in [4.78, 5) is 102. The van der Waals surface area contributed by atoms with Crippen molar-refractivity contribution >= 4 is 116 Å². The lowest BCUT2D eigenvalue weighted by atomic mass is 9.97. The number of rotatable bonds is 28. The first-order chi connectivity index (χ1) is 69.5. The van der Waals surface area contributed by atoms with Gasteiger partial charge in [0.15, 0.2) is 26.6 Å². The molecule has 41 heteroatoms. The average molecular weight is 2100 g/mol. The van der Waals surface area contributed by atoms with Crippen molar-refractivity contribution in [3.63, 3.8) is 0 Å². The Morgan fingerprint density at radius 2 is 0.898 bits per heavy atom. The van der Waals surface area contributed by atoms with Gasteiger partial charge >= 0.3 is 0 Å². The van der Waals surface area contributed by atoms with E-state index in [0.29, 0.717) is 100 Å². The van der Waals surface area contributed by atoms with Crippen LogP contribution in [0.2, 0.25) is 5.02 Å². The number of benzene rings is 3. The molecule has 35 nitrogen and oxygen atoms in total. The topological polar surface area (TPSA) is 454 Å². The van der Waals surface area contributed by atoms with Crippen molar-refractivity contribution in [2.45, 2.75) is 197 Å². The zero-order valence-electron chi connectivity index (χ0n) is 84.8. The van der Waals surface area contributed by atoms with Crippen LogP contribution in [0.4, 0.5) is 45.1 Å². The van der Waals surface area contributed by atoms with Crippen LogP contribution >= 0.6 is 11.6 Å². The highest BCUT2D eigenvalue weighted by molar-refractivity contribution is 7.91. The number of ether oxygens (including phenoxy) is 2. The van der Waals surface area contributed by atoms with Crippen LogP contribution < -0.4 is 64.3 Å². The number of nitrogens with two attached hydrogens (primary N) is 1. The second-order valence-electron chi connectivity index (χ2n) is 40.4. The second kappa shape index (κ2) is 45.6. The summed E-state index contributed by atoms with van der Waals surface area (Å²) in [7, 11) is -15.5. The smallest absolute Gasteiger partial charge is 0.281 e. The highest BCUT2D eigenvalue weighted by Gasteiger charge is 2.45. The number of nitrogen functional groups attached to an aromatic ring is 1. The molecule has 8 N–H and O–H groups in total. The minimum absolute atomic E-state index is 0.0132. The number of carbonyl (C=O) groups is 4. The Morgan fingerprint density at radius 3 is 1.37 bits per heavy atom. The molecular formula is C106H125ClFN21O14S4. The number of anilines is 7. The van der Waals surface area contributed by atoms with E-state index in [1.807, 2.05) is 61.0 Å². The number of aryl methyl sites for hydroxylation is 2. The number of hydrogen-bond acceptors (Lipinski definition) is 31. The number of sulfonamides is 4. The Balaban J connectivity index is 0.000000155. The summed E-state index contributed by atoms with van der Waals surface area (Å²) in [5.41, 5.74) is 10.7. The molecule has 4 amide bonds. The number of halogens is 2. The third-order valence-corrected chi connectivity index (χ3v) is 31.4. The van der Waals surface area contributed by atoms with E-state index in [9.17, 15) is 57.2 Å². The first kappa shape index (κ1) is 109. The molecule has 5 fully saturated rings. The van der Waals surface area contributed by atoms with Crippen LogP contribution in [0.5, 0.6) is 17.4 Å². The number of amides is 4. The summed E-state index contributed by atoms with van der Waals surface area (Å²) in [6, 6.07) is 52.9. The normalized spacial score (nSPS) is 17.9. The SMILES string of the molecule is CC1CN(c2ncccc2C(=O)NS(=O)(=O)c2cccc(NC3CCN(Cc4ccccn4)CC3)n2)C(C)(C)C1.COc1ccc(Cl)cc1Oc1cccc(S(=O)(=O)NC(=O)c2cccnc2N2CC(C)CC2(C)C)n1.Cc1cc(F)cc(-c2ccc(C(=O)NS(=O)(=O)c3cccnc3N)c(N3C[C@@H](C)CC3(C)C)n2)c1.Cc1ccc(CCNc2cccc(S(=O)(=O)NC(=O)c3cccnc3N3CC(C)CC3(C)C)n2)cc1. The van der Waals surface area contributed by atoms with Crippen LogP contribution in [-0.4, -0.2) is 188 Å². The van der Waals surface area contributed by atoms with Gasteiger partial charge in [-0.15, -0.1) is 0 Å². The lowest BCUT2D eigenvalue weighted by Gasteiger charge is -2.34. The molecule has 17 rings (SSSR count). The Bertz CT molecular complexity index is 7280. The monoisotopic (exact) mass is 2100 g/mol. The largest absolute Gasteiger partial charge is 0.493 e. The number of aromatic nitrogens is 9. The van der Waals surface area contributed by atoms with E-state index in [0.717, 1.165) is 88.9 Å². The molecule has 0 bridgehead atoms. The van der Waals surface area contributed by atoms with Gasteiger partial charge in [-0.1, -0.05) is 93.4 Å². The van der Waals surface area contributed by atoms with Gasteiger partial charge < -0.3 is 45.4 Å². The highest BCUT2D eigenvalue weighted by atomic mass is 35.5. The predicted molar refractivity (Wildman–Crippen MR) is 565 cm³/mol. The molecular weight excluding hydrogens is 1970 g/mol. The van der Waals surface area contributed by atoms with Crippen molar-refractivity contribution in [1.82, 2.24) is 68.6 Å². The molecule has 9 aromatic heterocycles. The second-order valence-corrected chi connectivity index (χ2v) is 47.3. The number of nitrogens with zero attached hydrogens (tertiary/aromatic N) is 14. The standard InChI is InChI=1S/C29H37N7O3S.C27H33N5O3S.C25H27ClN4O5S.C25H28FN5O3S/c1-21-18-29(2,3)36(19-21)27-24(9-7-15-31-27)28(37)34-40(38,39)26-11-6-10-25(33-26)32-22-12-16-35(17-13-22)20-23-8-4-5-14-30-23;1-19-10-12-21(13-11-19)14-16-28-23-8-5-9-24(30-23)36(34,35)31-26(33)22-7-6-15-29-25(22)32-18-20(2)17-27(32,3)4;1-16-14-25(2,3)30(15-16)23-18(7-6-12-27-23)24(31)29-36(32,33)22-9-5-8-21(28-22)35-20-13-17(26)10-11-19(20)34-4;1-15-10-17(12-18(26)11-15)20-8-7-19(23(29-20)31-14-16(2)13-25(31,3)4)24(32)30-35(33,34)21-6-5-9-28-22(21)27/h4-11,14-15,21-22H,12-13,16-20H2,1-3H3,(H,32,33)(H,34,37);5-13,15,20H,14,16-18H2,1-4H3,(H,28,30)(H,31,33);5-13,16H,14-15H2,1-4H3,(H,29,31);5-12,16H,13-14H2,1-4H3,(H2,27,28)(H,30,32)/t;;;16-/m...0/s1. The zero-order valence-corrected chi connectivity index (χ0v) is 88.8. The predicted octanol–water partition coefficient (Wildman–Crippen LogP) is 16.5. The lowest BCUT2D eigenvalue weighted by Crippen LogP contribution is -2.41. The zero-order chi connectivity index (χ0) is 106. The van der Waals surface area contributed by atoms with Crippen molar-refractivity contribution in [3.8, 4) is 28.6 Å². The molecule has 147 heavy (non-hydrogen) atoms. The molecule has 3 aromatic carbocycles. The van der Waals surface area contributed by atoms with Crippen LogP contribution in [0.3, 0.4) is 0 Å². The fourth-order valence-corrected chi connectivity index (χ4v) is 23.6. The molecule has 0 aliphatic carbocycles. The molecule has 3 unspecified atom stereocenters. The summed E-state index contributed by atoms with van der Waals surface area (Å²) < 4.78 is 138. The minimum atomic E-state index is -4.32. The third kappa shape index (κ3) is 27.3. The maximum Gasteiger partial charge on any atom is 0.281 e. The van der Waals surface area contributed by atoms with Crippen molar-refractivity contribution in [3.05, 3.63) is 281 Å². The van der Waals surface area contributed by atoms with Crippen molar-refractivity contribution in [1.29, 1.82) is 0 Å². The molecule has 0 saturated carbocycles. The Labute approximate surface area is 864 Å². The van der Waals surface area contributed by atoms with Gasteiger partial charge in [0.1, 0.15) is 51.4 Å². The Morgan fingerprint density at radius 1 is 0.449 bits per heavy atom. The quantitative estimate of drug-likeness (QED) is 0.0239. The number of carbonyl (C=O) groups excluding carboxylic acids is 4. The van der Waals surface area contributed by atoms with Crippen molar-refractivity contribution < 1.29 is 66.7 Å². The Kier molecular flexibility index (Phi) is 33.7. The van der Waals surface area contributed by atoms with Crippen molar-refractivity contribution in [2.75, 3.05) is 88.9 Å². The van der Waals surface area contributed by atoms with Gasteiger partial charge in [-0.25, -0.2) is 66.6 Å². The summed E-state index contributed by atoms with van der Waals surface area (Å²) in [5.74, 6) is 1.22. The highest BCUT2D eigenvalue weighted by Crippen LogP contribution is 2.44. The fraction of sp³-hybridized carbons (Fsp3) is 0.368. The number of piperidine rings is 1. The van der Waals surface area contributed by atoms with Gasteiger partial charge in [0.2, 0.25) is 5.88 Å². The number of pyridine rings is 9. The molecule has 5 saturated heterocycles. The molecule has 5 aliphatic heterocycles. The van der Waals surface area contributed by atoms with Crippen LogP contribution in [0, 0.1) is 43.3 Å². The molecule has 0 spiro atoms. The van der Waals surface area contributed by atoms with E-state index in [1.165, 1.54) is 91.2 Å². The van der Waals surface area contributed by atoms with Crippen LogP contribution in [0.25, 0.3) is 11.3 Å². The average Bonchev–Trinajstić information content (AvgIpc) is 1.36. The number of hydrogen-bond donors (Lipinski definition) is 7. The van der Waals surface area contributed by atoms with E-state index in [2.05, 4.69) is 178 Å². The summed E-state index contributed by atoms with van der Waals surface area (Å²) in [6.45, 7) is 35.1. The lowest BCUT2D eigenvalue weighted by molar-refractivity contribution is 0.0972. The maximum absolute atomic E-state index is 14.1. The molecule has 0 radical (unpaired) electrons. The summed E-state index contributed by atoms with van der Waals surface area (Å²) in [6.07, 6.45) is 14.3. The van der Waals surface area contributed by atoms with Gasteiger partial charge in [-0.3, -0.25) is 29.1 Å². The van der Waals surface area contributed by atoms with Crippen LogP contribution in [0.1, 0.15) is 185 Å². The van der Waals surface area contributed by atoms with Gasteiger partial charge in [0, 0.05) is 134 Å². The summed E-state index contributed by atoms with van der Waals surface area (Å²) in [5, 5.41) is 6.13. The van der Waals surface area contributed by atoms with Gasteiger partial charge in [0.05, 0.1) is 40.8 Å². The maximum atomic E-state index is 14.1. The van der Waals surface area contributed by atoms with E-state index in [-0.39, 0.29) is 93.7 Å². The van der Waals surface area contributed by atoms with Gasteiger partial charge in [-0.2, -0.15) is 30.2 Å². The van der Waals surface area contributed by atoms with E-state index in [4.69, 9.17) is 31.8 Å². The van der Waals surface area contributed by atoms with Crippen molar-refractivity contribution in [2.24, 2.45) is 23.7 Å². The number of methoxy groups -OCH3 is 1.